The molecule has 0 bridgehead atoms. The standard InChI is InChI=1S/C8H11N3O5/c1-16-7(14)5(12)3-9-6(13)4-2-10-8(15)11-4/h2,5,12H,3H2,1H3,(H,9,13)(H2,10,11,15). The Morgan fingerprint density at radius 1 is 1.62 bits per heavy atom. The van der Waals surface area contributed by atoms with Crippen molar-refractivity contribution in [3.05, 3.63) is 22.4 Å². The molecule has 16 heavy (non-hydrogen) atoms. The molecule has 1 atom stereocenters. The highest BCUT2D eigenvalue weighted by Crippen LogP contribution is 1.89. The van der Waals surface area contributed by atoms with Gasteiger partial charge < -0.3 is 25.1 Å². The number of H-pyrrole nitrogens is 2. The molecule has 8 heteroatoms. The van der Waals surface area contributed by atoms with E-state index in [1.165, 1.54) is 6.20 Å². The first-order chi connectivity index (χ1) is 7.54. The van der Waals surface area contributed by atoms with E-state index in [1.807, 2.05) is 0 Å². The molecule has 0 saturated carbocycles. The van der Waals surface area contributed by atoms with Crippen LogP contribution < -0.4 is 11.0 Å². The zero-order valence-corrected chi connectivity index (χ0v) is 8.44. The van der Waals surface area contributed by atoms with E-state index in [-0.39, 0.29) is 12.2 Å². The van der Waals surface area contributed by atoms with Gasteiger partial charge in [0, 0.05) is 6.20 Å². The number of nitrogens with one attached hydrogen (secondary N) is 3. The van der Waals surface area contributed by atoms with Crippen LogP contribution in [-0.2, 0) is 9.53 Å². The Morgan fingerprint density at radius 2 is 2.31 bits per heavy atom. The van der Waals surface area contributed by atoms with Gasteiger partial charge in [0.1, 0.15) is 5.69 Å². The molecule has 0 saturated heterocycles. The lowest BCUT2D eigenvalue weighted by Gasteiger charge is -2.08. The highest BCUT2D eigenvalue weighted by Gasteiger charge is 2.17. The molecule has 0 fully saturated rings. The fourth-order valence-corrected chi connectivity index (χ4v) is 0.958. The first-order valence-corrected chi connectivity index (χ1v) is 4.36. The topological polar surface area (TPSA) is 124 Å². The van der Waals surface area contributed by atoms with Crippen molar-refractivity contribution in [1.29, 1.82) is 0 Å². The van der Waals surface area contributed by atoms with Gasteiger partial charge in [0.15, 0.2) is 6.10 Å². The van der Waals surface area contributed by atoms with Crippen LogP contribution >= 0.6 is 0 Å². The van der Waals surface area contributed by atoms with E-state index in [2.05, 4.69) is 20.0 Å². The van der Waals surface area contributed by atoms with Gasteiger partial charge in [-0.15, -0.1) is 0 Å². The molecule has 8 nitrogen and oxygen atoms in total. The lowest BCUT2D eigenvalue weighted by atomic mass is 10.3. The molecule has 1 heterocycles. The maximum absolute atomic E-state index is 11.3. The number of rotatable bonds is 4. The molecule has 0 radical (unpaired) electrons. The summed E-state index contributed by atoms with van der Waals surface area (Å²) in [6.45, 7) is -0.293. The van der Waals surface area contributed by atoms with E-state index in [4.69, 9.17) is 5.11 Å². The minimum absolute atomic E-state index is 0.0158. The zero-order chi connectivity index (χ0) is 12.1. The summed E-state index contributed by atoms with van der Waals surface area (Å²) in [6, 6.07) is 0. The summed E-state index contributed by atoms with van der Waals surface area (Å²) < 4.78 is 4.25. The van der Waals surface area contributed by atoms with E-state index in [1.54, 1.807) is 0 Å². The van der Waals surface area contributed by atoms with Crippen molar-refractivity contribution in [3.63, 3.8) is 0 Å². The fraction of sp³-hybridized carbons (Fsp3) is 0.375. The van der Waals surface area contributed by atoms with E-state index in [0.717, 1.165) is 7.11 Å². The summed E-state index contributed by atoms with van der Waals surface area (Å²) in [5.41, 5.74) is -0.499. The number of hydrogen-bond acceptors (Lipinski definition) is 5. The average molecular weight is 229 g/mol. The van der Waals surface area contributed by atoms with Crippen LogP contribution in [0.15, 0.2) is 11.0 Å². The number of esters is 1. The van der Waals surface area contributed by atoms with Crippen molar-refractivity contribution in [1.82, 2.24) is 15.3 Å². The summed E-state index contributed by atoms with van der Waals surface area (Å²) in [7, 11) is 1.12. The first kappa shape index (κ1) is 12.0. The van der Waals surface area contributed by atoms with Crippen molar-refractivity contribution in [2.45, 2.75) is 6.10 Å². The minimum atomic E-state index is -1.43. The number of carbonyl (C=O) groups is 2. The van der Waals surface area contributed by atoms with Crippen molar-refractivity contribution >= 4 is 11.9 Å². The number of aromatic amines is 2. The van der Waals surface area contributed by atoms with Gasteiger partial charge in [-0.1, -0.05) is 0 Å². The second-order valence-corrected chi connectivity index (χ2v) is 2.91. The van der Waals surface area contributed by atoms with E-state index >= 15 is 0 Å². The monoisotopic (exact) mass is 229 g/mol. The van der Waals surface area contributed by atoms with Gasteiger partial charge in [-0.2, -0.15) is 0 Å². The molecule has 1 unspecified atom stereocenters. The van der Waals surface area contributed by atoms with Crippen molar-refractivity contribution < 1.29 is 19.4 Å². The Hall–Kier alpha value is -2.09. The minimum Gasteiger partial charge on any atom is -0.467 e. The van der Waals surface area contributed by atoms with Crippen LogP contribution in [0.3, 0.4) is 0 Å². The molecule has 0 aromatic carbocycles. The summed E-state index contributed by atoms with van der Waals surface area (Å²) in [6.07, 6.45) is -0.248. The summed E-state index contributed by atoms with van der Waals surface area (Å²) >= 11 is 0. The van der Waals surface area contributed by atoms with Gasteiger partial charge in [-0.25, -0.2) is 9.59 Å². The number of carbonyl (C=O) groups excluding carboxylic acids is 2. The van der Waals surface area contributed by atoms with Crippen LogP contribution in [0.1, 0.15) is 10.5 Å². The van der Waals surface area contributed by atoms with Crippen LogP contribution in [0.2, 0.25) is 0 Å². The second-order valence-electron chi connectivity index (χ2n) is 2.91. The molecule has 4 N–H and O–H groups in total. The highest BCUT2D eigenvalue weighted by atomic mass is 16.5. The third kappa shape index (κ3) is 2.95. The summed E-state index contributed by atoms with van der Waals surface area (Å²) in [4.78, 5) is 37.2. The Kier molecular flexibility index (Phi) is 3.84. The number of imidazole rings is 1. The predicted octanol–water partition coefficient (Wildman–Crippen LogP) is -2.03. The maximum Gasteiger partial charge on any atom is 0.336 e. The van der Waals surface area contributed by atoms with Gasteiger partial charge in [0.25, 0.3) is 5.91 Å². The van der Waals surface area contributed by atoms with Crippen LogP contribution in [0, 0.1) is 0 Å². The quantitative estimate of drug-likeness (QED) is 0.443. The van der Waals surface area contributed by atoms with Gasteiger partial charge in [-0.3, -0.25) is 4.79 Å². The lowest BCUT2D eigenvalue weighted by Crippen LogP contribution is -2.37. The van der Waals surface area contributed by atoms with Crippen LogP contribution in [0.5, 0.6) is 0 Å². The maximum atomic E-state index is 11.3. The molecular weight excluding hydrogens is 218 g/mol. The normalized spacial score (nSPS) is 11.9. The number of methoxy groups -OCH3 is 1. The third-order valence-electron chi connectivity index (χ3n) is 1.77. The molecule has 0 aliphatic heterocycles. The third-order valence-corrected chi connectivity index (χ3v) is 1.77. The Bertz CT molecular complexity index is 435. The Labute approximate surface area is 89.6 Å². The molecule has 0 aliphatic rings. The lowest BCUT2D eigenvalue weighted by molar-refractivity contribution is -0.149. The second kappa shape index (κ2) is 5.12. The number of hydrogen-bond donors (Lipinski definition) is 4. The highest BCUT2D eigenvalue weighted by molar-refractivity contribution is 5.92. The fourth-order valence-electron chi connectivity index (χ4n) is 0.958. The van der Waals surface area contributed by atoms with Crippen LogP contribution in [0.4, 0.5) is 0 Å². The van der Waals surface area contributed by atoms with Crippen molar-refractivity contribution in [2.75, 3.05) is 13.7 Å². The van der Waals surface area contributed by atoms with E-state index < -0.39 is 23.7 Å². The number of aliphatic hydroxyl groups excluding tert-OH is 1. The smallest absolute Gasteiger partial charge is 0.336 e. The predicted molar refractivity (Wildman–Crippen MR) is 51.8 cm³/mol. The Balaban J connectivity index is 2.47. The van der Waals surface area contributed by atoms with Crippen LogP contribution in [0.25, 0.3) is 0 Å². The van der Waals surface area contributed by atoms with E-state index in [0.29, 0.717) is 0 Å². The van der Waals surface area contributed by atoms with Crippen molar-refractivity contribution in [3.8, 4) is 0 Å². The molecule has 1 rings (SSSR count). The van der Waals surface area contributed by atoms with Gasteiger partial charge >= 0.3 is 11.7 Å². The van der Waals surface area contributed by atoms with Gasteiger partial charge in [-0.05, 0) is 0 Å². The van der Waals surface area contributed by atoms with Gasteiger partial charge in [0.2, 0.25) is 0 Å². The van der Waals surface area contributed by atoms with Crippen molar-refractivity contribution in [2.24, 2.45) is 0 Å². The molecule has 1 amide bonds. The molecule has 1 aromatic rings. The van der Waals surface area contributed by atoms with Gasteiger partial charge in [0.05, 0.1) is 13.7 Å². The Morgan fingerprint density at radius 3 is 2.81 bits per heavy atom. The zero-order valence-electron chi connectivity index (χ0n) is 8.44. The summed E-state index contributed by atoms with van der Waals surface area (Å²) in [5.74, 6) is -1.45. The van der Waals surface area contributed by atoms with E-state index in [9.17, 15) is 14.4 Å². The average Bonchev–Trinajstić information content (AvgIpc) is 2.71. The molecule has 1 aromatic heterocycles. The number of amides is 1. The van der Waals surface area contributed by atoms with Crippen LogP contribution in [-0.4, -0.2) is 46.7 Å². The number of ether oxygens (including phenoxy) is 1. The number of aliphatic hydroxyl groups is 1. The molecular formula is C8H11N3O5. The summed E-state index contributed by atoms with van der Waals surface area (Å²) in [5, 5.41) is 11.4. The molecule has 88 valence electrons. The molecule has 0 spiro atoms. The number of aromatic nitrogens is 2. The molecule has 0 aliphatic carbocycles. The first-order valence-electron chi connectivity index (χ1n) is 4.36. The largest absolute Gasteiger partial charge is 0.467 e. The SMILES string of the molecule is COC(=O)C(O)CNC(=O)c1c[nH]c(=O)[nH]1.